The molecule has 2 saturated heterocycles. The molecule has 0 unspecified atom stereocenters. The fourth-order valence-electron chi connectivity index (χ4n) is 1.27. The second-order valence-electron chi connectivity index (χ2n) is 2.72. The summed E-state index contributed by atoms with van der Waals surface area (Å²) in [5, 5.41) is 3.30. The maximum absolute atomic E-state index is 5.30. The number of hydrogen-bond acceptors (Lipinski definition) is 2. The van der Waals surface area contributed by atoms with Gasteiger partial charge in [-0.25, -0.2) is 0 Å². The van der Waals surface area contributed by atoms with Gasteiger partial charge in [-0.2, -0.15) is 0 Å². The lowest BCUT2D eigenvalue weighted by Gasteiger charge is -2.17. The number of rotatable bonds is 0. The van der Waals surface area contributed by atoms with Crippen molar-refractivity contribution in [1.82, 2.24) is 5.32 Å². The molecular weight excluding hydrogens is 138 g/mol. The molecule has 0 aromatic heterocycles. The average molecular weight is 150 g/mol. The summed E-state index contributed by atoms with van der Waals surface area (Å²) in [5.74, 6) is 0. The minimum atomic E-state index is 0. The van der Waals surface area contributed by atoms with Crippen molar-refractivity contribution in [1.29, 1.82) is 0 Å². The molecule has 1 N–H and O–H groups in total. The van der Waals surface area contributed by atoms with Crippen molar-refractivity contribution in [3.8, 4) is 0 Å². The maximum Gasteiger partial charge on any atom is 0.0940 e. The van der Waals surface area contributed by atoms with Crippen LogP contribution in [0.25, 0.3) is 0 Å². The van der Waals surface area contributed by atoms with Crippen LogP contribution in [0.4, 0.5) is 0 Å². The van der Waals surface area contributed by atoms with Gasteiger partial charge in [0.15, 0.2) is 0 Å². The molecule has 2 fully saturated rings. The number of halogens is 1. The Morgan fingerprint density at radius 2 is 1.78 bits per heavy atom. The molecule has 1 spiro atoms. The summed E-state index contributed by atoms with van der Waals surface area (Å²) in [6, 6.07) is 0. The number of epoxide rings is 1. The van der Waals surface area contributed by atoms with Crippen LogP contribution in [0.5, 0.6) is 0 Å². The molecule has 2 heterocycles. The largest absolute Gasteiger partial charge is 0.369 e. The zero-order valence-corrected chi connectivity index (χ0v) is 6.17. The van der Waals surface area contributed by atoms with E-state index in [1.54, 1.807) is 0 Å². The van der Waals surface area contributed by atoms with Crippen LogP contribution in [-0.2, 0) is 4.74 Å². The first-order chi connectivity index (χ1) is 3.91. The first-order valence-electron chi connectivity index (χ1n) is 3.26. The lowest BCUT2D eigenvalue weighted by molar-refractivity contribution is 0.246. The standard InChI is InChI=1S/C6H11NO.ClH/c1-3-7-4-2-6(1)5-8-6;/h7H,1-5H2;1H. The monoisotopic (exact) mass is 149 g/mol. The Hall–Kier alpha value is 0.210. The molecule has 9 heavy (non-hydrogen) atoms. The minimum absolute atomic E-state index is 0. The van der Waals surface area contributed by atoms with Gasteiger partial charge in [0.05, 0.1) is 12.2 Å². The van der Waals surface area contributed by atoms with Crippen LogP contribution in [0.1, 0.15) is 12.8 Å². The van der Waals surface area contributed by atoms with Crippen LogP contribution in [-0.4, -0.2) is 25.3 Å². The van der Waals surface area contributed by atoms with Crippen LogP contribution in [0.15, 0.2) is 0 Å². The number of ether oxygens (including phenoxy) is 1. The second kappa shape index (κ2) is 2.45. The van der Waals surface area contributed by atoms with Crippen molar-refractivity contribution in [3.63, 3.8) is 0 Å². The van der Waals surface area contributed by atoms with Gasteiger partial charge in [0.25, 0.3) is 0 Å². The molecule has 2 rings (SSSR count). The molecule has 3 heteroatoms. The van der Waals surface area contributed by atoms with Gasteiger partial charge in [0.2, 0.25) is 0 Å². The van der Waals surface area contributed by atoms with Crippen molar-refractivity contribution in [2.45, 2.75) is 18.4 Å². The molecule has 0 amide bonds. The average Bonchev–Trinajstić information content (AvgIpc) is 2.52. The van der Waals surface area contributed by atoms with Gasteiger partial charge in [0.1, 0.15) is 0 Å². The Morgan fingerprint density at radius 3 is 2.11 bits per heavy atom. The third-order valence-corrected chi connectivity index (χ3v) is 2.07. The minimum Gasteiger partial charge on any atom is -0.369 e. The third-order valence-electron chi connectivity index (χ3n) is 2.07. The van der Waals surface area contributed by atoms with E-state index in [1.165, 1.54) is 12.8 Å². The summed E-state index contributed by atoms with van der Waals surface area (Å²) >= 11 is 0. The predicted molar refractivity (Wildman–Crippen MR) is 38.0 cm³/mol. The van der Waals surface area contributed by atoms with Crippen LogP contribution >= 0.6 is 12.4 Å². The highest BCUT2D eigenvalue weighted by atomic mass is 35.5. The van der Waals surface area contributed by atoms with E-state index in [0.717, 1.165) is 19.7 Å². The first-order valence-corrected chi connectivity index (χ1v) is 3.26. The zero-order valence-electron chi connectivity index (χ0n) is 5.35. The highest BCUT2D eigenvalue weighted by molar-refractivity contribution is 5.85. The van der Waals surface area contributed by atoms with E-state index in [0.29, 0.717) is 5.60 Å². The van der Waals surface area contributed by atoms with E-state index in [2.05, 4.69) is 5.32 Å². The Kier molecular flexibility index (Phi) is 1.99. The Bertz CT molecular complexity index is 95.2. The molecule has 2 aliphatic rings. The third kappa shape index (κ3) is 1.37. The smallest absolute Gasteiger partial charge is 0.0940 e. The highest BCUT2D eigenvalue weighted by Crippen LogP contribution is 2.35. The van der Waals surface area contributed by atoms with Crippen molar-refractivity contribution in [2.24, 2.45) is 0 Å². The van der Waals surface area contributed by atoms with Crippen molar-refractivity contribution in [2.75, 3.05) is 19.7 Å². The van der Waals surface area contributed by atoms with E-state index >= 15 is 0 Å². The predicted octanol–water partition coefficient (Wildman–Crippen LogP) is 0.561. The van der Waals surface area contributed by atoms with Crippen LogP contribution in [0, 0.1) is 0 Å². The number of hydrogen-bond donors (Lipinski definition) is 1. The molecule has 0 aromatic carbocycles. The van der Waals surface area contributed by atoms with Gasteiger partial charge < -0.3 is 10.1 Å². The van der Waals surface area contributed by atoms with E-state index < -0.39 is 0 Å². The molecule has 0 saturated carbocycles. The summed E-state index contributed by atoms with van der Waals surface area (Å²) in [7, 11) is 0. The van der Waals surface area contributed by atoms with Crippen LogP contribution < -0.4 is 5.32 Å². The number of nitrogens with one attached hydrogen (secondary N) is 1. The van der Waals surface area contributed by atoms with Gasteiger partial charge in [-0.15, -0.1) is 12.4 Å². The van der Waals surface area contributed by atoms with Gasteiger partial charge in [-0.3, -0.25) is 0 Å². The molecule has 0 radical (unpaired) electrons. The quantitative estimate of drug-likeness (QED) is 0.509. The summed E-state index contributed by atoms with van der Waals surface area (Å²) in [6.45, 7) is 3.33. The summed E-state index contributed by atoms with van der Waals surface area (Å²) < 4.78 is 5.30. The Balaban J connectivity index is 0.000000405. The summed E-state index contributed by atoms with van der Waals surface area (Å²) in [6.07, 6.45) is 2.46. The van der Waals surface area contributed by atoms with Gasteiger partial charge in [0, 0.05) is 0 Å². The van der Waals surface area contributed by atoms with Gasteiger partial charge in [-0.1, -0.05) is 0 Å². The van der Waals surface area contributed by atoms with E-state index in [-0.39, 0.29) is 12.4 Å². The fourth-order valence-corrected chi connectivity index (χ4v) is 1.27. The molecule has 54 valence electrons. The molecule has 0 bridgehead atoms. The van der Waals surface area contributed by atoms with E-state index in [4.69, 9.17) is 4.74 Å². The SMILES string of the molecule is C1CC2(CCN1)CO2.Cl. The summed E-state index contributed by atoms with van der Waals surface area (Å²) in [4.78, 5) is 0. The molecule has 0 aliphatic carbocycles. The lowest BCUT2D eigenvalue weighted by atomic mass is 10.00. The van der Waals surface area contributed by atoms with E-state index in [1.807, 2.05) is 0 Å². The normalized spacial score (nSPS) is 29.3. The van der Waals surface area contributed by atoms with Crippen LogP contribution in [0.3, 0.4) is 0 Å². The van der Waals surface area contributed by atoms with Crippen molar-refractivity contribution in [3.05, 3.63) is 0 Å². The zero-order chi connectivity index (χ0) is 5.45. The van der Waals surface area contributed by atoms with Crippen molar-refractivity contribution < 1.29 is 4.74 Å². The molecule has 2 nitrogen and oxygen atoms in total. The second-order valence-corrected chi connectivity index (χ2v) is 2.72. The molecule has 2 aliphatic heterocycles. The molecule has 0 aromatic rings. The lowest BCUT2D eigenvalue weighted by Crippen LogP contribution is -2.32. The summed E-state index contributed by atoms with van der Waals surface area (Å²) in [5.41, 5.74) is 0.366. The number of piperidine rings is 1. The fraction of sp³-hybridized carbons (Fsp3) is 1.00. The highest BCUT2D eigenvalue weighted by Gasteiger charge is 2.44. The first kappa shape index (κ1) is 7.32. The van der Waals surface area contributed by atoms with Crippen molar-refractivity contribution >= 4 is 12.4 Å². The van der Waals surface area contributed by atoms with Crippen LogP contribution in [0.2, 0.25) is 0 Å². The molecular formula is C6H12ClNO. The maximum atomic E-state index is 5.30. The van der Waals surface area contributed by atoms with Gasteiger partial charge >= 0.3 is 0 Å². The van der Waals surface area contributed by atoms with Gasteiger partial charge in [-0.05, 0) is 25.9 Å². The van der Waals surface area contributed by atoms with E-state index in [9.17, 15) is 0 Å². The Labute approximate surface area is 61.4 Å². The Morgan fingerprint density at radius 1 is 1.22 bits per heavy atom. The molecule has 0 atom stereocenters. The topological polar surface area (TPSA) is 24.6 Å².